The van der Waals surface area contributed by atoms with E-state index in [4.69, 9.17) is 0 Å². The zero-order valence-electron chi connectivity index (χ0n) is 10.2. The third kappa shape index (κ3) is 4.30. The van der Waals surface area contributed by atoms with Crippen LogP contribution in [0.1, 0.15) is 26.1 Å². The summed E-state index contributed by atoms with van der Waals surface area (Å²) >= 11 is 3.32. The van der Waals surface area contributed by atoms with Crippen LogP contribution in [0.2, 0.25) is 0 Å². The van der Waals surface area contributed by atoms with Crippen LogP contribution in [0.4, 0.5) is 5.82 Å². The highest BCUT2D eigenvalue weighted by molar-refractivity contribution is 9.10. The first-order valence-corrected chi connectivity index (χ1v) is 6.24. The van der Waals surface area contributed by atoms with Gasteiger partial charge in [0.25, 0.3) is 0 Å². The summed E-state index contributed by atoms with van der Waals surface area (Å²) in [5.41, 5.74) is 0. The summed E-state index contributed by atoms with van der Waals surface area (Å²) in [6.07, 6.45) is 1.78. The van der Waals surface area contributed by atoms with Crippen LogP contribution in [-0.4, -0.2) is 29.1 Å². The van der Waals surface area contributed by atoms with E-state index in [2.05, 4.69) is 42.9 Å². The molecule has 94 valence electrons. The van der Waals surface area contributed by atoms with Crippen LogP contribution < -0.4 is 5.32 Å². The van der Waals surface area contributed by atoms with Crippen molar-refractivity contribution in [1.82, 2.24) is 9.97 Å². The standard InChI is InChI=1S/C11H16BrN3O2/c1-4-5-9-14-8(12)6-10(15-9)13-7(2)11(16)17-3/h6-7H,4-5H2,1-3H3,(H,13,14,15). The molecule has 1 heterocycles. The molecule has 6 heteroatoms. The Balaban J connectivity index is 2.80. The quantitative estimate of drug-likeness (QED) is 0.667. The molecule has 0 aliphatic rings. The first-order valence-electron chi connectivity index (χ1n) is 5.44. The topological polar surface area (TPSA) is 64.1 Å². The first-order chi connectivity index (χ1) is 8.06. The molecule has 1 aromatic rings. The van der Waals surface area contributed by atoms with Crippen molar-refractivity contribution >= 4 is 27.7 Å². The van der Waals surface area contributed by atoms with Gasteiger partial charge in [-0.05, 0) is 29.3 Å². The van der Waals surface area contributed by atoms with Gasteiger partial charge in [0.1, 0.15) is 22.3 Å². The second-order valence-corrected chi connectivity index (χ2v) is 4.44. The van der Waals surface area contributed by atoms with E-state index >= 15 is 0 Å². The Labute approximate surface area is 109 Å². The number of hydrogen-bond donors (Lipinski definition) is 1. The van der Waals surface area contributed by atoms with E-state index in [0.29, 0.717) is 10.4 Å². The molecular formula is C11H16BrN3O2. The Morgan fingerprint density at radius 1 is 1.59 bits per heavy atom. The van der Waals surface area contributed by atoms with Gasteiger partial charge in [-0.25, -0.2) is 14.8 Å². The maximum absolute atomic E-state index is 11.3. The monoisotopic (exact) mass is 301 g/mol. The summed E-state index contributed by atoms with van der Waals surface area (Å²) in [4.78, 5) is 19.8. The molecule has 0 aliphatic carbocycles. The predicted octanol–water partition coefficient (Wildman–Crippen LogP) is 2.17. The second kappa shape index (κ2) is 6.54. The molecule has 17 heavy (non-hydrogen) atoms. The van der Waals surface area contributed by atoms with Crippen molar-refractivity contribution in [3.8, 4) is 0 Å². The minimum Gasteiger partial charge on any atom is -0.467 e. The molecule has 0 fully saturated rings. The Morgan fingerprint density at radius 3 is 2.88 bits per heavy atom. The van der Waals surface area contributed by atoms with Gasteiger partial charge in [-0.1, -0.05) is 6.92 Å². The van der Waals surface area contributed by atoms with Gasteiger partial charge >= 0.3 is 5.97 Å². The van der Waals surface area contributed by atoms with Crippen LogP contribution in [0.3, 0.4) is 0 Å². The van der Waals surface area contributed by atoms with Gasteiger partial charge in [-0.15, -0.1) is 0 Å². The van der Waals surface area contributed by atoms with Crippen molar-refractivity contribution in [2.75, 3.05) is 12.4 Å². The lowest BCUT2D eigenvalue weighted by molar-refractivity contribution is -0.141. The SMILES string of the molecule is CCCc1nc(Br)cc(NC(C)C(=O)OC)n1. The number of esters is 1. The molecule has 0 radical (unpaired) electrons. The molecule has 0 saturated heterocycles. The lowest BCUT2D eigenvalue weighted by atomic mass is 10.3. The number of methoxy groups -OCH3 is 1. The largest absolute Gasteiger partial charge is 0.467 e. The molecule has 1 N–H and O–H groups in total. The number of aryl methyl sites for hydroxylation is 1. The fraction of sp³-hybridized carbons (Fsp3) is 0.545. The van der Waals surface area contributed by atoms with Gasteiger partial charge in [0, 0.05) is 12.5 Å². The molecule has 0 bridgehead atoms. The zero-order valence-corrected chi connectivity index (χ0v) is 11.7. The van der Waals surface area contributed by atoms with Crippen molar-refractivity contribution in [1.29, 1.82) is 0 Å². The average Bonchev–Trinajstić information content (AvgIpc) is 2.27. The third-order valence-electron chi connectivity index (χ3n) is 2.13. The molecule has 0 saturated carbocycles. The number of anilines is 1. The van der Waals surface area contributed by atoms with Crippen LogP contribution in [0.15, 0.2) is 10.7 Å². The highest BCUT2D eigenvalue weighted by Gasteiger charge is 2.13. The summed E-state index contributed by atoms with van der Waals surface area (Å²) in [6, 6.07) is 1.30. The van der Waals surface area contributed by atoms with Gasteiger partial charge < -0.3 is 10.1 Å². The van der Waals surface area contributed by atoms with E-state index in [1.807, 2.05) is 0 Å². The summed E-state index contributed by atoms with van der Waals surface area (Å²) < 4.78 is 5.34. The van der Waals surface area contributed by atoms with E-state index < -0.39 is 6.04 Å². The summed E-state index contributed by atoms with van der Waals surface area (Å²) in [5, 5.41) is 2.98. The van der Waals surface area contributed by atoms with Gasteiger partial charge in [0.2, 0.25) is 0 Å². The number of halogens is 1. The molecule has 0 amide bonds. The molecule has 0 aromatic carbocycles. The van der Waals surface area contributed by atoms with Crippen molar-refractivity contribution in [2.24, 2.45) is 0 Å². The lowest BCUT2D eigenvalue weighted by Crippen LogP contribution is -2.27. The Kier molecular flexibility index (Phi) is 5.34. The third-order valence-corrected chi connectivity index (χ3v) is 2.54. The minimum atomic E-state index is -0.434. The van der Waals surface area contributed by atoms with Crippen LogP contribution >= 0.6 is 15.9 Å². The number of nitrogens with one attached hydrogen (secondary N) is 1. The van der Waals surface area contributed by atoms with E-state index in [9.17, 15) is 4.79 Å². The molecule has 1 atom stereocenters. The summed E-state index contributed by atoms with van der Waals surface area (Å²) in [6.45, 7) is 3.79. The smallest absolute Gasteiger partial charge is 0.328 e. The fourth-order valence-corrected chi connectivity index (χ4v) is 1.75. The molecule has 5 nitrogen and oxygen atoms in total. The Morgan fingerprint density at radius 2 is 2.29 bits per heavy atom. The maximum Gasteiger partial charge on any atom is 0.328 e. The van der Waals surface area contributed by atoms with E-state index in [1.54, 1.807) is 13.0 Å². The van der Waals surface area contributed by atoms with Crippen molar-refractivity contribution < 1.29 is 9.53 Å². The van der Waals surface area contributed by atoms with Crippen LogP contribution in [0, 0.1) is 0 Å². The Bertz CT molecular complexity index is 398. The first kappa shape index (κ1) is 13.9. The van der Waals surface area contributed by atoms with Gasteiger partial charge in [0.15, 0.2) is 0 Å². The highest BCUT2D eigenvalue weighted by Crippen LogP contribution is 2.14. The zero-order chi connectivity index (χ0) is 12.8. The van der Waals surface area contributed by atoms with Crippen molar-refractivity contribution in [3.05, 3.63) is 16.5 Å². The van der Waals surface area contributed by atoms with Crippen LogP contribution in [-0.2, 0) is 16.0 Å². The number of carbonyl (C=O) groups is 1. The second-order valence-electron chi connectivity index (χ2n) is 3.63. The highest BCUT2D eigenvalue weighted by atomic mass is 79.9. The van der Waals surface area contributed by atoms with Gasteiger partial charge in [0.05, 0.1) is 7.11 Å². The van der Waals surface area contributed by atoms with Crippen molar-refractivity contribution in [2.45, 2.75) is 32.7 Å². The molecule has 1 aromatic heterocycles. The fourth-order valence-electron chi connectivity index (χ4n) is 1.33. The minimum absolute atomic E-state index is 0.322. The summed E-state index contributed by atoms with van der Waals surface area (Å²) in [5.74, 6) is 1.05. The number of hydrogen-bond acceptors (Lipinski definition) is 5. The number of carbonyl (C=O) groups excluding carboxylic acids is 1. The number of aromatic nitrogens is 2. The summed E-state index contributed by atoms with van der Waals surface area (Å²) in [7, 11) is 1.36. The lowest BCUT2D eigenvalue weighted by Gasteiger charge is -2.12. The number of ether oxygens (including phenoxy) is 1. The molecule has 0 spiro atoms. The van der Waals surface area contributed by atoms with Crippen LogP contribution in [0.5, 0.6) is 0 Å². The van der Waals surface area contributed by atoms with Crippen molar-refractivity contribution in [3.63, 3.8) is 0 Å². The van der Waals surface area contributed by atoms with E-state index in [0.717, 1.165) is 18.7 Å². The van der Waals surface area contributed by atoms with Crippen LogP contribution in [0.25, 0.3) is 0 Å². The van der Waals surface area contributed by atoms with E-state index in [1.165, 1.54) is 7.11 Å². The average molecular weight is 302 g/mol. The predicted molar refractivity (Wildman–Crippen MR) is 68.8 cm³/mol. The number of rotatable bonds is 5. The molecule has 0 aliphatic heterocycles. The molecule has 1 rings (SSSR count). The van der Waals surface area contributed by atoms with Gasteiger partial charge in [-0.2, -0.15) is 0 Å². The van der Waals surface area contributed by atoms with Gasteiger partial charge in [-0.3, -0.25) is 0 Å². The normalized spacial score (nSPS) is 12.0. The molecule has 1 unspecified atom stereocenters. The molecular weight excluding hydrogens is 286 g/mol. The number of nitrogens with zero attached hydrogens (tertiary/aromatic N) is 2. The maximum atomic E-state index is 11.3. The van der Waals surface area contributed by atoms with E-state index in [-0.39, 0.29) is 5.97 Å². The Hall–Kier alpha value is -1.17.